The predicted molar refractivity (Wildman–Crippen MR) is 100 cm³/mol. The summed E-state index contributed by atoms with van der Waals surface area (Å²) in [7, 11) is 0. The second-order valence-electron chi connectivity index (χ2n) is 7.09. The number of nitrogens with zero attached hydrogens (tertiary/aromatic N) is 2. The van der Waals surface area contributed by atoms with E-state index in [2.05, 4.69) is 16.0 Å². The first-order chi connectivity index (χ1) is 13.9. The highest BCUT2D eigenvalue weighted by Gasteiger charge is 2.40. The summed E-state index contributed by atoms with van der Waals surface area (Å²) in [4.78, 5) is 38.0. The molecule has 0 radical (unpaired) electrons. The largest absolute Gasteiger partial charge is 0.450 e. The Morgan fingerprint density at radius 2 is 2.00 bits per heavy atom. The van der Waals surface area contributed by atoms with Crippen LogP contribution in [-0.2, 0) is 9.47 Å². The van der Waals surface area contributed by atoms with Gasteiger partial charge in [0.25, 0.3) is 0 Å². The molecule has 29 heavy (non-hydrogen) atoms. The highest BCUT2D eigenvalue weighted by atomic mass is 19.1. The Hall–Kier alpha value is -3.24. The number of nitrogens with one attached hydrogen (secondary N) is 3. The van der Waals surface area contributed by atoms with Crippen molar-refractivity contribution in [3.05, 3.63) is 24.0 Å². The Balaban J connectivity index is 1.38. The maximum atomic E-state index is 14.8. The summed E-state index contributed by atoms with van der Waals surface area (Å²) in [6, 6.07) is 4.25. The van der Waals surface area contributed by atoms with Gasteiger partial charge in [0.1, 0.15) is 11.9 Å². The average molecular weight is 407 g/mol. The molecule has 1 aromatic rings. The molecule has 3 heterocycles. The number of carbonyl (C=O) groups is 3. The van der Waals surface area contributed by atoms with Gasteiger partial charge in [0, 0.05) is 13.1 Å². The Kier molecular flexibility index (Phi) is 5.03. The van der Waals surface area contributed by atoms with E-state index >= 15 is 0 Å². The minimum atomic E-state index is -0.601. The molecule has 1 aromatic carbocycles. The van der Waals surface area contributed by atoms with E-state index in [4.69, 9.17) is 9.47 Å². The maximum absolute atomic E-state index is 14.8. The van der Waals surface area contributed by atoms with Crippen molar-refractivity contribution in [2.45, 2.75) is 25.1 Å². The number of fused-ring (bicyclic) bond motifs is 1. The first-order valence-electron chi connectivity index (χ1n) is 9.45. The summed E-state index contributed by atoms with van der Waals surface area (Å²) >= 11 is 0. The summed E-state index contributed by atoms with van der Waals surface area (Å²) in [6.45, 7) is 3.25. The third-order valence-electron chi connectivity index (χ3n) is 5.16. The molecule has 3 N–H and O–H groups in total. The number of urea groups is 1. The van der Waals surface area contributed by atoms with Crippen LogP contribution in [-0.4, -0.2) is 69.2 Å². The summed E-state index contributed by atoms with van der Waals surface area (Å²) < 4.78 is 24.8. The van der Waals surface area contributed by atoms with Gasteiger partial charge in [-0.1, -0.05) is 0 Å². The molecule has 4 amide bonds. The molecule has 0 spiro atoms. The van der Waals surface area contributed by atoms with Gasteiger partial charge in [0.15, 0.2) is 0 Å². The number of halogens is 1. The zero-order valence-electron chi connectivity index (χ0n) is 15.8. The molecule has 0 aromatic heterocycles. The van der Waals surface area contributed by atoms with Gasteiger partial charge in [0.2, 0.25) is 0 Å². The monoisotopic (exact) mass is 407 g/mol. The van der Waals surface area contributed by atoms with Crippen LogP contribution in [0.15, 0.2) is 18.2 Å². The fraction of sp³-hybridized carbons (Fsp3) is 0.500. The minimum absolute atomic E-state index is 0.0530. The van der Waals surface area contributed by atoms with E-state index in [1.165, 1.54) is 11.0 Å². The summed E-state index contributed by atoms with van der Waals surface area (Å²) in [6.07, 6.45) is -1.74. The van der Waals surface area contributed by atoms with Crippen LogP contribution >= 0.6 is 0 Å². The fourth-order valence-electron chi connectivity index (χ4n) is 3.81. The molecule has 156 valence electrons. The van der Waals surface area contributed by atoms with Crippen LogP contribution in [0.3, 0.4) is 0 Å². The molecule has 3 atom stereocenters. The Bertz CT molecular complexity index is 821. The van der Waals surface area contributed by atoms with Crippen LogP contribution in [0.25, 0.3) is 0 Å². The third-order valence-corrected chi connectivity index (χ3v) is 5.16. The van der Waals surface area contributed by atoms with Gasteiger partial charge in [-0.15, -0.1) is 0 Å². The summed E-state index contributed by atoms with van der Waals surface area (Å²) in [5.41, 5.74) is 0.785. The lowest BCUT2D eigenvalue weighted by atomic mass is 10.2. The first kappa shape index (κ1) is 19.1. The van der Waals surface area contributed by atoms with Crippen LogP contribution in [0.4, 0.5) is 30.1 Å². The van der Waals surface area contributed by atoms with Crippen molar-refractivity contribution in [2.75, 3.05) is 42.6 Å². The molecule has 2 unspecified atom stereocenters. The van der Waals surface area contributed by atoms with E-state index in [-0.39, 0.29) is 37.8 Å². The highest BCUT2D eigenvalue weighted by molar-refractivity contribution is 5.90. The number of hydrogen-bond acceptors (Lipinski definition) is 6. The van der Waals surface area contributed by atoms with Crippen LogP contribution in [0.5, 0.6) is 0 Å². The lowest BCUT2D eigenvalue weighted by Crippen LogP contribution is -2.35. The van der Waals surface area contributed by atoms with E-state index in [0.717, 1.165) is 0 Å². The highest BCUT2D eigenvalue weighted by Crippen LogP contribution is 2.30. The zero-order chi connectivity index (χ0) is 20.5. The normalized spacial score (nSPS) is 25.4. The van der Waals surface area contributed by atoms with E-state index in [0.29, 0.717) is 24.5 Å². The Labute approximate surface area is 166 Å². The van der Waals surface area contributed by atoms with Gasteiger partial charge in [-0.3, -0.25) is 4.90 Å². The number of rotatable bonds is 5. The molecule has 0 bridgehead atoms. The van der Waals surface area contributed by atoms with Crippen molar-refractivity contribution in [3.8, 4) is 0 Å². The first-order valence-corrected chi connectivity index (χ1v) is 9.45. The van der Waals surface area contributed by atoms with Gasteiger partial charge in [-0.25, -0.2) is 18.8 Å². The Morgan fingerprint density at radius 3 is 2.66 bits per heavy atom. The lowest BCUT2D eigenvalue weighted by Gasteiger charge is -2.21. The van der Waals surface area contributed by atoms with E-state index in [9.17, 15) is 18.8 Å². The van der Waals surface area contributed by atoms with Crippen molar-refractivity contribution in [1.82, 2.24) is 16.0 Å². The van der Waals surface area contributed by atoms with Crippen molar-refractivity contribution in [3.63, 3.8) is 0 Å². The van der Waals surface area contributed by atoms with E-state index < -0.39 is 24.1 Å². The second kappa shape index (κ2) is 7.64. The van der Waals surface area contributed by atoms with Crippen molar-refractivity contribution in [1.29, 1.82) is 0 Å². The van der Waals surface area contributed by atoms with Crippen LogP contribution < -0.4 is 25.8 Å². The molecule has 0 aliphatic carbocycles. The number of carbonyl (C=O) groups excluding carboxylic acids is 3. The van der Waals surface area contributed by atoms with Gasteiger partial charge in [-0.2, -0.15) is 0 Å². The Morgan fingerprint density at radius 1 is 1.28 bits per heavy atom. The van der Waals surface area contributed by atoms with Crippen LogP contribution in [0, 0.1) is 5.82 Å². The van der Waals surface area contributed by atoms with Gasteiger partial charge in [-0.05, 0) is 25.1 Å². The molecular formula is C18H22FN5O5. The molecule has 10 nitrogen and oxygen atoms in total. The SMILES string of the molecule is CCOC(=O)NC[C@H]1CN(c2ccc(N3CC4NC(=O)NC4C3)c(F)c2)C(=O)O1. The molecule has 3 aliphatic rings. The molecule has 0 saturated carbocycles. The molecule has 3 fully saturated rings. The van der Waals surface area contributed by atoms with Crippen LogP contribution in [0.1, 0.15) is 6.92 Å². The molecular weight excluding hydrogens is 385 g/mol. The van der Waals surface area contributed by atoms with Gasteiger partial charge < -0.3 is 30.3 Å². The smallest absolute Gasteiger partial charge is 0.414 e. The lowest BCUT2D eigenvalue weighted by molar-refractivity contribution is 0.127. The molecule has 4 rings (SSSR count). The zero-order valence-corrected chi connectivity index (χ0v) is 15.8. The maximum Gasteiger partial charge on any atom is 0.414 e. The quantitative estimate of drug-likeness (QED) is 0.665. The standard InChI is InChI=1S/C18H22FN5O5/c1-2-28-17(26)20-6-11-7-24(18(27)29-11)10-3-4-15(12(19)5-10)23-8-13-14(9-23)22-16(25)21-13/h3-5,11,13-14H,2,6-9H2,1H3,(H,20,26)(H2,21,22,25)/t11-,13?,14?/m0/s1. The van der Waals surface area contributed by atoms with Gasteiger partial charge in [0.05, 0.1) is 43.2 Å². The topological polar surface area (TPSA) is 112 Å². The predicted octanol–water partition coefficient (Wildman–Crippen LogP) is 0.767. The molecule has 3 saturated heterocycles. The van der Waals surface area contributed by atoms with Crippen molar-refractivity contribution >= 4 is 29.6 Å². The minimum Gasteiger partial charge on any atom is -0.450 e. The number of anilines is 2. The average Bonchev–Trinajstić information content (AvgIpc) is 3.32. The van der Waals surface area contributed by atoms with Crippen molar-refractivity contribution in [2.24, 2.45) is 0 Å². The number of amides is 4. The van der Waals surface area contributed by atoms with Crippen molar-refractivity contribution < 1.29 is 28.2 Å². The molecule has 11 heteroatoms. The number of cyclic esters (lactones) is 1. The number of ether oxygens (including phenoxy) is 2. The molecule has 3 aliphatic heterocycles. The van der Waals surface area contributed by atoms with Crippen LogP contribution in [0.2, 0.25) is 0 Å². The second-order valence-corrected chi connectivity index (χ2v) is 7.09. The number of benzene rings is 1. The van der Waals surface area contributed by atoms with E-state index in [1.54, 1.807) is 19.1 Å². The van der Waals surface area contributed by atoms with E-state index in [1.807, 2.05) is 4.90 Å². The fourth-order valence-corrected chi connectivity index (χ4v) is 3.81. The third kappa shape index (κ3) is 3.84. The number of hydrogen-bond donors (Lipinski definition) is 3. The summed E-state index contributed by atoms with van der Waals surface area (Å²) in [5.74, 6) is -0.463. The number of alkyl carbamates (subject to hydrolysis) is 1. The summed E-state index contributed by atoms with van der Waals surface area (Å²) in [5, 5.41) is 8.13. The van der Waals surface area contributed by atoms with Gasteiger partial charge >= 0.3 is 18.2 Å².